The highest BCUT2D eigenvalue weighted by Gasteiger charge is 2.37. The molecule has 3 rings (SSSR count). The number of nitrogens with one attached hydrogen (secondary N) is 2. The molecule has 1 saturated heterocycles. The van der Waals surface area contributed by atoms with Gasteiger partial charge in [-0.1, -0.05) is 23.7 Å². The Bertz CT molecular complexity index is 1040. The van der Waals surface area contributed by atoms with Crippen molar-refractivity contribution in [1.29, 1.82) is 5.26 Å². The van der Waals surface area contributed by atoms with Gasteiger partial charge in [-0.3, -0.25) is 4.79 Å². The molecule has 0 aliphatic carbocycles. The van der Waals surface area contributed by atoms with Crippen LogP contribution in [0.1, 0.15) is 35.5 Å². The van der Waals surface area contributed by atoms with Crippen molar-refractivity contribution in [2.24, 2.45) is 0 Å². The fourth-order valence-electron chi connectivity index (χ4n) is 3.16. The highest BCUT2D eigenvalue weighted by molar-refractivity contribution is 6.31. The fraction of sp³-hybridized carbons (Fsp3) is 0.300. The molecule has 0 spiro atoms. The first-order valence-corrected chi connectivity index (χ1v) is 9.58. The Morgan fingerprint density at radius 1 is 1.32 bits per heavy atom. The van der Waals surface area contributed by atoms with E-state index in [1.807, 2.05) is 6.07 Å². The van der Waals surface area contributed by atoms with Crippen LogP contribution >= 0.6 is 11.6 Å². The van der Waals surface area contributed by atoms with Gasteiger partial charge in [-0.25, -0.2) is 9.78 Å². The second-order valence-electron chi connectivity index (χ2n) is 6.84. The van der Waals surface area contributed by atoms with Crippen molar-refractivity contribution in [3.63, 3.8) is 0 Å². The van der Waals surface area contributed by atoms with E-state index in [1.165, 1.54) is 35.2 Å². The zero-order chi connectivity index (χ0) is 22.8. The molecule has 0 saturated carbocycles. The summed E-state index contributed by atoms with van der Waals surface area (Å²) in [7, 11) is 0. The highest BCUT2D eigenvalue weighted by Crippen LogP contribution is 2.34. The number of nitriles is 1. The summed E-state index contributed by atoms with van der Waals surface area (Å²) in [5.74, 6) is -0.333. The number of carbonyl (C=O) groups is 2. The predicted octanol–water partition coefficient (Wildman–Crippen LogP) is 3.24. The average molecular weight is 452 g/mol. The number of piperazine rings is 1. The first-order valence-electron chi connectivity index (χ1n) is 9.20. The van der Waals surface area contributed by atoms with Crippen LogP contribution in [0.5, 0.6) is 0 Å². The minimum absolute atomic E-state index is 0.0936. The third-order valence-electron chi connectivity index (χ3n) is 4.83. The first-order chi connectivity index (χ1) is 14.6. The lowest BCUT2D eigenvalue weighted by Crippen LogP contribution is -2.58. The van der Waals surface area contributed by atoms with E-state index in [0.717, 1.165) is 6.07 Å². The van der Waals surface area contributed by atoms with E-state index >= 15 is 0 Å². The van der Waals surface area contributed by atoms with Gasteiger partial charge in [0.25, 0.3) is 0 Å². The second-order valence-corrected chi connectivity index (χ2v) is 7.25. The number of halogens is 4. The number of rotatable bonds is 3. The summed E-state index contributed by atoms with van der Waals surface area (Å²) in [6.45, 7) is 2.04. The number of benzene rings is 1. The quantitative estimate of drug-likeness (QED) is 0.748. The van der Waals surface area contributed by atoms with E-state index in [9.17, 15) is 22.8 Å². The van der Waals surface area contributed by atoms with Crippen molar-refractivity contribution in [2.75, 3.05) is 13.1 Å². The van der Waals surface area contributed by atoms with Crippen molar-refractivity contribution >= 4 is 23.5 Å². The van der Waals surface area contributed by atoms with Crippen LogP contribution in [-0.2, 0) is 11.0 Å². The molecule has 0 radical (unpaired) electrons. The number of pyridine rings is 1. The molecule has 1 fully saturated rings. The highest BCUT2D eigenvalue weighted by atomic mass is 35.5. The number of hydrogen-bond donors (Lipinski definition) is 2. The fourth-order valence-corrected chi connectivity index (χ4v) is 3.37. The summed E-state index contributed by atoms with van der Waals surface area (Å²) in [6, 6.07) is 7.82. The Morgan fingerprint density at radius 3 is 2.61 bits per heavy atom. The van der Waals surface area contributed by atoms with E-state index in [2.05, 4.69) is 15.6 Å². The molecule has 2 heterocycles. The number of urea groups is 1. The van der Waals surface area contributed by atoms with Crippen molar-refractivity contribution in [3.05, 3.63) is 63.9 Å². The Balaban J connectivity index is 2.00. The zero-order valence-corrected chi connectivity index (χ0v) is 17.0. The van der Waals surface area contributed by atoms with E-state index in [1.54, 1.807) is 6.92 Å². The molecule has 31 heavy (non-hydrogen) atoms. The van der Waals surface area contributed by atoms with Gasteiger partial charge in [-0.15, -0.1) is 0 Å². The molecular weight excluding hydrogens is 435 g/mol. The van der Waals surface area contributed by atoms with Crippen LogP contribution in [0, 0.1) is 11.3 Å². The van der Waals surface area contributed by atoms with Gasteiger partial charge in [0.05, 0.1) is 28.4 Å². The van der Waals surface area contributed by atoms with Crippen molar-refractivity contribution < 1.29 is 22.8 Å². The lowest BCUT2D eigenvalue weighted by molar-refractivity contribution is -0.141. The maximum absolute atomic E-state index is 13.3. The zero-order valence-electron chi connectivity index (χ0n) is 16.2. The summed E-state index contributed by atoms with van der Waals surface area (Å²) >= 11 is 5.68. The molecule has 7 nitrogen and oxygen atoms in total. The summed E-state index contributed by atoms with van der Waals surface area (Å²) in [5.41, 5.74) is -0.617. The SMILES string of the molecule is C[C@@H]1C(=O)NCCN1C(=O)NC(c1ccc(C#N)cc1)c1ccc(Cl)c(C(F)(F)F)n1. The van der Waals surface area contributed by atoms with Crippen LogP contribution in [-0.4, -0.2) is 41.0 Å². The first kappa shape index (κ1) is 22.4. The minimum atomic E-state index is -4.79. The largest absolute Gasteiger partial charge is 0.434 e. The molecule has 11 heteroatoms. The molecule has 2 aromatic rings. The smallest absolute Gasteiger partial charge is 0.353 e. The second kappa shape index (κ2) is 8.81. The van der Waals surface area contributed by atoms with Crippen LogP contribution in [0.15, 0.2) is 36.4 Å². The number of amides is 3. The number of hydrogen-bond acceptors (Lipinski definition) is 4. The summed E-state index contributed by atoms with van der Waals surface area (Å²) in [4.78, 5) is 29.7. The Labute approximate surface area is 180 Å². The predicted molar refractivity (Wildman–Crippen MR) is 105 cm³/mol. The van der Waals surface area contributed by atoms with Gasteiger partial charge in [0.1, 0.15) is 6.04 Å². The van der Waals surface area contributed by atoms with Crippen LogP contribution in [0.4, 0.5) is 18.0 Å². The summed E-state index contributed by atoms with van der Waals surface area (Å²) in [5, 5.41) is 13.7. The molecule has 162 valence electrons. The van der Waals surface area contributed by atoms with E-state index in [-0.39, 0.29) is 24.7 Å². The van der Waals surface area contributed by atoms with Crippen LogP contribution in [0.3, 0.4) is 0 Å². The molecular formula is C20H17ClF3N5O2. The summed E-state index contributed by atoms with van der Waals surface area (Å²) < 4.78 is 40.0. The van der Waals surface area contributed by atoms with Crippen molar-refractivity contribution in [1.82, 2.24) is 20.5 Å². The molecule has 1 aliphatic rings. The molecule has 1 unspecified atom stereocenters. The Morgan fingerprint density at radius 2 is 2.00 bits per heavy atom. The molecule has 0 bridgehead atoms. The molecule has 1 aromatic carbocycles. The van der Waals surface area contributed by atoms with E-state index < -0.39 is 35.0 Å². The standard InChI is InChI=1S/C20H17ClF3N5O2/c1-11-18(30)26-8-9-29(11)19(31)28-16(13-4-2-12(10-25)3-5-13)15-7-6-14(21)17(27-15)20(22,23)24/h2-7,11,16H,8-9H2,1H3,(H,26,30)(H,28,31)/t11-,16?/m1/s1. The van der Waals surface area contributed by atoms with Gasteiger partial charge in [0, 0.05) is 13.1 Å². The van der Waals surface area contributed by atoms with E-state index in [0.29, 0.717) is 11.1 Å². The maximum atomic E-state index is 13.3. The third-order valence-corrected chi connectivity index (χ3v) is 5.14. The minimum Gasteiger partial charge on any atom is -0.353 e. The van der Waals surface area contributed by atoms with Gasteiger partial charge in [0.2, 0.25) is 5.91 Å². The monoisotopic (exact) mass is 451 g/mol. The van der Waals surface area contributed by atoms with Crippen LogP contribution in [0.25, 0.3) is 0 Å². The van der Waals surface area contributed by atoms with Crippen molar-refractivity contribution in [2.45, 2.75) is 25.2 Å². The topological polar surface area (TPSA) is 98.1 Å². The number of aromatic nitrogens is 1. The lowest BCUT2D eigenvalue weighted by Gasteiger charge is -2.34. The van der Waals surface area contributed by atoms with Gasteiger partial charge in [0.15, 0.2) is 5.69 Å². The normalized spacial score (nSPS) is 17.5. The van der Waals surface area contributed by atoms with Gasteiger partial charge >= 0.3 is 12.2 Å². The van der Waals surface area contributed by atoms with Crippen LogP contribution in [0.2, 0.25) is 5.02 Å². The van der Waals surface area contributed by atoms with Crippen molar-refractivity contribution in [3.8, 4) is 6.07 Å². The third kappa shape index (κ3) is 4.88. The number of alkyl halides is 3. The Kier molecular flexibility index (Phi) is 6.36. The molecule has 1 aromatic heterocycles. The molecule has 1 aliphatic heterocycles. The average Bonchev–Trinajstić information content (AvgIpc) is 2.73. The molecule has 2 N–H and O–H groups in total. The van der Waals surface area contributed by atoms with Gasteiger partial charge in [-0.2, -0.15) is 18.4 Å². The van der Waals surface area contributed by atoms with E-state index in [4.69, 9.17) is 16.9 Å². The number of carbonyl (C=O) groups excluding carboxylic acids is 2. The van der Waals surface area contributed by atoms with Gasteiger partial charge < -0.3 is 15.5 Å². The molecule has 3 amide bonds. The van der Waals surface area contributed by atoms with Crippen LogP contribution < -0.4 is 10.6 Å². The summed E-state index contributed by atoms with van der Waals surface area (Å²) in [6.07, 6.45) is -4.79. The molecule has 2 atom stereocenters. The van der Waals surface area contributed by atoms with Gasteiger partial charge in [-0.05, 0) is 36.8 Å². The lowest BCUT2D eigenvalue weighted by atomic mass is 10.0. The number of nitrogens with zero attached hydrogens (tertiary/aromatic N) is 3. The Hall–Kier alpha value is -3.32. The maximum Gasteiger partial charge on any atom is 0.434 e.